The summed E-state index contributed by atoms with van der Waals surface area (Å²) in [6, 6.07) is -0.100. The Hall–Kier alpha value is -1.36. The van der Waals surface area contributed by atoms with Gasteiger partial charge in [0, 0.05) is 0 Å². The number of rotatable bonds is 4. The van der Waals surface area contributed by atoms with Crippen molar-refractivity contribution in [1.29, 1.82) is 0 Å². The normalized spacial score (nSPS) is 23.8. The topological polar surface area (TPSA) is 55.8 Å². The Morgan fingerprint density at radius 2 is 2.17 bits per heavy atom. The molecule has 0 aliphatic carbocycles. The summed E-state index contributed by atoms with van der Waals surface area (Å²) < 4.78 is 10.7. The largest absolute Gasteiger partial charge is 0.444 e. The first-order valence-electron chi connectivity index (χ1n) is 6.05. The van der Waals surface area contributed by atoms with Crippen molar-refractivity contribution in [3.63, 3.8) is 0 Å². The molecule has 102 valence electrons. The van der Waals surface area contributed by atoms with Gasteiger partial charge in [0.1, 0.15) is 18.5 Å². The van der Waals surface area contributed by atoms with Crippen molar-refractivity contribution >= 4 is 12.4 Å². The summed E-state index contributed by atoms with van der Waals surface area (Å²) in [5.41, 5.74) is -0.523. The van der Waals surface area contributed by atoms with Crippen molar-refractivity contribution in [2.24, 2.45) is 0 Å². The summed E-state index contributed by atoms with van der Waals surface area (Å²) in [5, 5.41) is 0. The second-order valence-electron chi connectivity index (χ2n) is 5.29. The standard InChI is InChI=1S/C13H21NO4/c1-5-10-8-11(17-7-6-15)9-14(10)12(16)18-13(2,3)4/h5-6,10-11H,1,7-9H2,2-4H3/t10-,11-/m0/s1. The Kier molecular flexibility index (Phi) is 4.90. The van der Waals surface area contributed by atoms with Crippen LogP contribution >= 0.6 is 0 Å². The van der Waals surface area contributed by atoms with Crippen LogP contribution in [0.3, 0.4) is 0 Å². The molecule has 1 saturated heterocycles. The van der Waals surface area contributed by atoms with Gasteiger partial charge in [-0.15, -0.1) is 6.58 Å². The molecular weight excluding hydrogens is 234 g/mol. The monoisotopic (exact) mass is 255 g/mol. The minimum Gasteiger partial charge on any atom is -0.444 e. The molecule has 1 amide bonds. The van der Waals surface area contributed by atoms with Gasteiger partial charge >= 0.3 is 6.09 Å². The molecule has 1 aliphatic rings. The van der Waals surface area contributed by atoms with E-state index in [2.05, 4.69) is 6.58 Å². The van der Waals surface area contributed by atoms with Gasteiger partial charge in [0.05, 0.1) is 18.7 Å². The van der Waals surface area contributed by atoms with Crippen LogP contribution < -0.4 is 0 Å². The number of carbonyl (C=O) groups is 2. The number of nitrogens with zero attached hydrogens (tertiary/aromatic N) is 1. The number of carbonyl (C=O) groups excluding carboxylic acids is 2. The summed E-state index contributed by atoms with van der Waals surface area (Å²) in [7, 11) is 0. The van der Waals surface area contributed by atoms with E-state index in [0.717, 1.165) is 0 Å². The number of ether oxygens (including phenoxy) is 2. The minimum atomic E-state index is -0.523. The molecule has 1 heterocycles. The fourth-order valence-corrected chi connectivity index (χ4v) is 1.88. The molecule has 1 rings (SSSR count). The van der Waals surface area contributed by atoms with Crippen molar-refractivity contribution in [3.8, 4) is 0 Å². The third kappa shape index (κ3) is 4.14. The van der Waals surface area contributed by atoms with Crippen molar-refractivity contribution in [3.05, 3.63) is 12.7 Å². The van der Waals surface area contributed by atoms with Crippen LogP contribution in [0.15, 0.2) is 12.7 Å². The fourth-order valence-electron chi connectivity index (χ4n) is 1.88. The molecule has 5 nitrogen and oxygen atoms in total. The van der Waals surface area contributed by atoms with Crippen LogP contribution in [-0.4, -0.2) is 48.2 Å². The van der Waals surface area contributed by atoms with Crippen LogP contribution in [0.2, 0.25) is 0 Å². The second kappa shape index (κ2) is 6.00. The number of hydrogen-bond donors (Lipinski definition) is 0. The average molecular weight is 255 g/mol. The van der Waals surface area contributed by atoms with E-state index in [1.165, 1.54) is 0 Å². The molecular formula is C13H21NO4. The van der Waals surface area contributed by atoms with E-state index >= 15 is 0 Å². The minimum absolute atomic E-state index is 0.0523. The lowest BCUT2D eigenvalue weighted by molar-refractivity contribution is -0.113. The van der Waals surface area contributed by atoms with Crippen molar-refractivity contribution in [2.45, 2.75) is 44.9 Å². The second-order valence-corrected chi connectivity index (χ2v) is 5.29. The van der Waals surface area contributed by atoms with Crippen molar-refractivity contribution in [1.82, 2.24) is 4.90 Å². The molecule has 0 bridgehead atoms. The highest BCUT2D eigenvalue weighted by atomic mass is 16.6. The van der Waals surface area contributed by atoms with Crippen LogP contribution in [0.4, 0.5) is 4.79 Å². The quantitative estimate of drug-likeness (QED) is 0.567. The van der Waals surface area contributed by atoms with E-state index in [9.17, 15) is 9.59 Å². The highest BCUT2D eigenvalue weighted by Gasteiger charge is 2.36. The van der Waals surface area contributed by atoms with Gasteiger partial charge in [0.15, 0.2) is 0 Å². The Balaban J connectivity index is 2.60. The van der Waals surface area contributed by atoms with Crippen molar-refractivity contribution in [2.75, 3.05) is 13.2 Å². The maximum Gasteiger partial charge on any atom is 0.410 e. The lowest BCUT2D eigenvalue weighted by Crippen LogP contribution is -2.39. The van der Waals surface area contributed by atoms with Gasteiger partial charge in [0.25, 0.3) is 0 Å². The zero-order valence-electron chi connectivity index (χ0n) is 11.2. The third-order valence-corrected chi connectivity index (χ3v) is 2.61. The first-order chi connectivity index (χ1) is 8.37. The highest BCUT2D eigenvalue weighted by Crippen LogP contribution is 2.23. The maximum absolute atomic E-state index is 12.0. The molecule has 0 aromatic carbocycles. The first-order valence-corrected chi connectivity index (χ1v) is 6.05. The molecule has 0 aromatic rings. The molecule has 0 spiro atoms. The van der Waals surface area contributed by atoms with E-state index in [0.29, 0.717) is 19.3 Å². The summed E-state index contributed by atoms with van der Waals surface area (Å²) in [5.74, 6) is 0. The number of aldehydes is 1. The Labute approximate surface area is 108 Å². The van der Waals surface area contributed by atoms with Crippen LogP contribution in [0.5, 0.6) is 0 Å². The Morgan fingerprint density at radius 3 is 2.67 bits per heavy atom. The van der Waals surface area contributed by atoms with Gasteiger partial charge in [-0.1, -0.05) is 6.08 Å². The number of amides is 1. The van der Waals surface area contributed by atoms with Crippen LogP contribution in [0, 0.1) is 0 Å². The van der Waals surface area contributed by atoms with Gasteiger partial charge in [-0.2, -0.15) is 0 Å². The van der Waals surface area contributed by atoms with Gasteiger partial charge in [0.2, 0.25) is 0 Å². The van der Waals surface area contributed by atoms with Gasteiger partial charge in [-0.05, 0) is 27.2 Å². The van der Waals surface area contributed by atoms with E-state index in [4.69, 9.17) is 9.47 Å². The Morgan fingerprint density at radius 1 is 1.50 bits per heavy atom. The van der Waals surface area contributed by atoms with Crippen LogP contribution in [0.25, 0.3) is 0 Å². The first kappa shape index (κ1) is 14.7. The zero-order chi connectivity index (χ0) is 13.8. The van der Waals surface area contributed by atoms with E-state index in [1.807, 2.05) is 20.8 Å². The predicted molar refractivity (Wildman–Crippen MR) is 67.3 cm³/mol. The summed E-state index contributed by atoms with van der Waals surface area (Å²) in [6.07, 6.45) is 2.56. The zero-order valence-corrected chi connectivity index (χ0v) is 11.2. The van der Waals surface area contributed by atoms with Gasteiger partial charge < -0.3 is 14.3 Å². The van der Waals surface area contributed by atoms with Gasteiger partial charge in [-0.25, -0.2) is 4.79 Å². The molecule has 0 unspecified atom stereocenters. The predicted octanol–water partition coefficient (Wildman–Crippen LogP) is 1.77. The molecule has 0 saturated carbocycles. The van der Waals surface area contributed by atoms with Crippen molar-refractivity contribution < 1.29 is 19.1 Å². The summed E-state index contributed by atoms with van der Waals surface area (Å²) in [6.45, 7) is 9.67. The summed E-state index contributed by atoms with van der Waals surface area (Å²) >= 11 is 0. The highest BCUT2D eigenvalue weighted by molar-refractivity contribution is 5.69. The van der Waals surface area contributed by atoms with Gasteiger partial charge in [-0.3, -0.25) is 4.90 Å². The number of hydrogen-bond acceptors (Lipinski definition) is 4. The van der Waals surface area contributed by atoms with Crippen LogP contribution in [-0.2, 0) is 14.3 Å². The average Bonchev–Trinajstić information content (AvgIpc) is 2.67. The molecule has 0 N–H and O–H groups in total. The fraction of sp³-hybridized carbons (Fsp3) is 0.692. The maximum atomic E-state index is 12.0. The van der Waals surface area contributed by atoms with E-state index < -0.39 is 5.60 Å². The SMILES string of the molecule is C=C[C@H]1C[C@H](OCC=O)CN1C(=O)OC(C)(C)C. The third-order valence-electron chi connectivity index (χ3n) is 2.61. The molecule has 0 aromatic heterocycles. The Bertz CT molecular complexity index is 321. The molecule has 1 fully saturated rings. The molecule has 0 radical (unpaired) electrons. The molecule has 2 atom stereocenters. The molecule has 1 aliphatic heterocycles. The smallest absolute Gasteiger partial charge is 0.410 e. The number of likely N-dealkylation sites (tertiary alicyclic amines) is 1. The lowest BCUT2D eigenvalue weighted by atomic mass is 10.2. The summed E-state index contributed by atoms with van der Waals surface area (Å²) in [4.78, 5) is 23.8. The molecule has 5 heteroatoms. The van der Waals surface area contributed by atoms with E-state index in [1.54, 1.807) is 11.0 Å². The molecule has 18 heavy (non-hydrogen) atoms. The lowest BCUT2D eigenvalue weighted by Gasteiger charge is -2.27. The van der Waals surface area contributed by atoms with Crippen LogP contribution in [0.1, 0.15) is 27.2 Å². The van der Waals surface area contributed by atoms with E-state index in [-0.39, 0.29) is 24.8 Å².